The van der Waals surface area contributed by atoms with Crippen LogP contribution in [0.5, 0.6) is 11.5 Å². The zero-order chi connectivity index (χ0) is 25.7. The van der Waals surface area contributed by atoms with Crippen LogP contribution in [-0.4, -0.2) is 56.9 Å². The number of carbonyl (C=O) groups excluding carboxylic acids is 3. The number of nitrogens with one attached hydrogen (secondary N) is 1. The lowest BCUT2D eigenvalue weighted by atomic mass is 9.69. The zero-order valence-electron chi connectivity index (χ0n) is 20.8. The van der Waals surface area contributed by atoms with Gasteiger partial charge in [-0.25, -0.2) is 4.79 Å². The number of benzene rings is 1. The summed E-state index contributed by atoms with van der Waals surface area (Å²) >= 11 is 0. The fourth-order valence-corrected chi connectivity index (χ4v) is 4.69. The van der Waals surface area contributed by atoms with Crippen molar-refractivity contribution in [1.29, 1.82) is 0 Å². The number of allylic oxidation sites excluding steroid dienone is 3. The number of dihydropyridines is 1. The molecular formula is C26H33NO8. The number of methoxy groups -OCH3 is 2. The van der Waals surface area contributed by atoms with E-state index in [1.807, 2.05) is 13.8 Å². The third-order valence-corrected chi connectivity index (χ3v) is 6.31. The van der Waals surface area contributed by atoms with Crippen LogP contribution in [0.25, 0.3) is 0 Å². The lowest BCUT2D eigenvalue weighted by Gasteiger charge is -2.38. The van der Waals surface area contributed by atoms with E-state index < -0.39 is 29.6 Å². The maximum absolute atomic E-state index is 13.7. The SMILES string of the molecule is CCCOCCOC(=O)C1=C(C)NC2=C(C(=O)[C@@H](C(=O)OC)[C@H](C)C2)[C@@H]1c1ccc(OC)c(O)c1. The molecule has 2 N–H and O–H groups in total. The number of ketones is 1. The van der Waals surface area contributed by atoms with Gasteiger partial charge in [0.15, 0.2) is 17.3 Å². The Hall–Kier alpha value is -3.33. The number of carbonyl (C=O) groups is 3. The average Bonchev–Trinajstić information content (AvgIpc) is 2.82. The highest BCUT2D eigenvalue weighted by Crippen LogP contribution is 2.46. The second kappa shape index (κ2) is 11.4. The topological polar surface area (TPSA) is 120 Å². The van der Waals surface area contributed by atoms with Gasteiger partial charge in [0.1, 0.15) is 12.5 Å². The number of Topliss-reactive ketones (excluding diaryl/α,β-unsaturated/α-hetero) is 1. The first-order valence-electron chi connectivity index (χ1n) is 11.7. The van der Waals surface area contributed by atoms with Gasteiger partial charge >= 0.3 is 11.9 Å². The Labute approximate surface area is 205 Å². The standard InChI is InChI=1S/C26H33NO8/c1-6-9-34-10-11-35-26(31)21-15(3)27-17-12-14(2)20(25(30)33-5)24(29)23(17)22(21)16-7-8-19(32-4)18(28)13-16/h7-8,13-14,20,22,27-28H,6,9-12H2,1-5H3/t14-,20+,22-/m1/s1. The van der Waals surface area contributed by atoms with Gasteiger partial charge < -0.3 is 29.4 Å². The van der Waals surface area contributed by atoms with E-state index >= 15 is 0 Å². The minimum atomic E-state index is -0.993. The monoisotopic (exact) mass is 487 g/mol. The second-order valence-electron chi connectivity index (χ2n) is 8.71. The quantitative estimate of drug-likeness (QED) is 0.308. The predicted octanol–water partition coefficient (Wildman–Crippen LogP) is 2.98. The number of hydrogen-bond donors (Lipinski definition) is 2. The molecule has 0 fully saturated rings. The smallest absolute Gasteiger partial charge is 0.336 e. The van der Waals surface area contributed by atoms with Gasteiger partial charge in [-0.3, -0.25) is 9.59 Å². The Kier molecular flexibility index (Phi) is 8.56. The van der Waals surface area contributed by atoms with Gasteiger partial charge in [-0.2, -0.15) is 0 Å². The van der Waals surface area contributed by atoms with Crippen molar-refractivity contribution in [3.05, 3.63) is 46.3 Å². The predicted molar refractivity (Wildman–Crippen MR) is 127 cm³/mol. The number of phenolic OH excluding ortho intramolecular Hbond substituents is 1. The van der Waals surface area contributed by atoms with Crippen molar-refractivity contribution in [3.63, 3.8) is 0 Å². The van der Waals surface area contributed by atoms with E-state index in [0.29, 0.717) is 35.6 Å². The van der Waals surface area contributed by atoms with E-state index in [2.05, 4.69) is 5.32 Å². The molecule has 0 aromatic heterocycles. The fourth-order valence-electron chi connectivity index (χ4n) is 4.69. The van der Waals surface area contributed by atoms with Gasteiger partial charge in [-0.15, -0.1) is 0 Å². The van der Waals surface area contributed by atoms with E-state index in [9.17, 15) is 19.5 Å². The summed E-state index contributed by atoms with van der Waals surface area (Å²) in [5.74, 6) is -3.65. The summed E-state index contributed by atoms with van der Waals surface area (Å²) in [7, 11) is 2.68. The van der Waals surface area contributed by atoms with Crippen molar-refractivity contribution in [3.8, 4) is 11.5 Å². The highest BCUT2D eigenvalue weighted by atomic mass is 16.6. The molecule has 3 rings (SSSR count). The number of ether oxygens (including phenoxy) is 4. The molecule has 2 aliphatic rings. The van der Waals surface area contributed by atoms with Crippen LogP contribution in [0.1, 0.15) is 45.1 Å². The number of phenols is 1. The normalized spacial score (nSPS) is 21.9. The largest absolute Gasteiger partial charge is 0.504 e. The van der Waals surface area contributed by atoms with E-state index in [1.165, 1.54) is 20.3 Å². The molecule has 35 heavy (non-hydrogen) atoms. The second-order valence-corrected chi connectivity index (χ2v) is 8.71. The van der Waals surface area contributed by atoms with E-state index in [4.69, 9.17) is 18.9 Å². The molecule has 0 unspecified atom stereocenters. The van der Waals surface area contributed by atoms with E-state index in [0.717, 1.165) is 6.42 Å². The molecule has 1 aliphatic heterocycles. The van der Waals surface area contributed by atoms with Gasteiger partial charge in [0.2, 0.25) is 0 Å². The molecule has 0 spiro atoms. The molecule has 1 aromatic rings. The number of esters is 2. The van der Waals surface area contributed by atoms with Gasteiger partial charge in [-0.05, 0) is 43.4 Å². The van der Waals surface area contributed by atoms with Gasteiger partial charge in [0.05, 0.1) is 26.4 Å². The lowest BCUT2D eigenvalue weighted by Crippen LogP contribution is -2.43. The average molecular weight is 488 g/mol. The lowest BCUT2D eigenvalue weighted by molar-refractivity contribution is -0.151. The zero-order valence-corrected chi connectivity index (χ0v) is 20.8. The molecule has 1 aliphatic carbocycles. The summed E-state index contributed by atoms with van der Waals surface area (Å²) in [4.78, 5) is 39.4. The molecule has 0 amide bonds. The van der Waals surface area contributed by atoms with Crippen LogP contribution >= 0.6 is 0 Å². The van der Waals surface area contributed by atoms with Crippen molar-refractivity contribution < 1.29 is 38.4 Å². The molecule has 0 bridgehead atoms. The molecule has 1 aromatic carbocycles. The molecule has 0 radical (unpaired) electrons. The molecule has 0 saturated carbocycles. The maximum Gasteiger partial charge on any atom is 0.336 e. The minimum Gasteiger partial charge on any atom is -0.504 e. The van der Waals surface area contributed by atoms with Gasteiger partial charge in [-0.1, -0.05) is 19.9 Å². The molecular weight excluding hydrogens is 454 g/mol. The Bertz CT molecular complexity index is 1060. The minimum absolute atomic E-state index is 0.0534. The van der Waals surface area contributed by atoms with Crippen molar-refractivity contribution >= 4 is 17.7 Å². The van der Waals surface area contributed by atoms with Crippen LogP contribution in [0, 0.1) is 11.8 Å². The van der Waals surface area contributed by atoms with Crippen LogP contribution in [0.15, 0.2) is 40.7 Å². The number of aromatic hydroxyl groups is 1. The molecule has 1 heterocycles. The molecule has 9 heteroatoms. The molecule has 0 saturated heterocycles. The third-order valence-electron chi connectivity index (χ3n) is 6.31. The van der Waals surface area contributed by atoms with E-state index in [-0.39, 0.29) is 36.2 Å². The van der Waals surface area contributed by atoms with Crippen LogP contribution in [-0.2, 0) is 28.6 Å². The Balaban J connectivity index is 2.06. The Morgan fingerprint density at radius 2 is 1.91 bits per heavy atom. The molecule has 3 atom stereocenters. The first kappa shape index (κ1) is 26.3. The first-order valence-corrected chi connectivity index (χ1v) is 11.7. The van der Waals surface area contributed by atoms with Crippen molar-refractivity contribution in [2.75, 3.05) is 34.0 Å². The van der Waals surface area contributed by atoms with Crippen molar-refractivity contribution in [2.24, 2.45) is 11.8 Å². The van der Waals surface area contributed by atoms with Crippen LogP contribution in [0.2, 0.25) is 0 Å². The number of rotatable bonds is 9. The summed E-state index contributed by atoms with van der Waals surface area (Å²) in [6.07, 6.45) is 1.27. The maximum atomic E-state index is 13.7. The highest BCUT2D eigenvalue weighted by molar-refractivity contribution is 6.12. The van der Waals surface area contributed by atoms with Gasteiger partial charge in [0, 0.05) is 29.5 Å². The Morgan fingerprint density at radius 3 is 2.54 bits per heavy atom. The summed E-state index contributed by atoms with van der Waals surface area (Å²) in [5.41, 5.74) is 2.21. The summed E-state index contributed by atoms with van der Waals surface area (Å²) in [6, 6.07) is 4.71. The van der Waals surface area contributed by atoms with Crippen molar-refractivity contribution in [2.45, 2.75) is 39.5 Å². The van der Waals surface area contributed by atoms with Crippen LogP contribution in [0.3, 0.4) is 0 Å². The Morgan fingerprint density at radius 1 is 1.17 bits per heavy atom. The van der Waals surface area contributed by atoms with E-state index in [1.54, 1.807) is 19.1 Å². The molecule has 9 nitrogen and oxygen atoms in total. The summed E-state index contributed by atoms with van der Waals surface area (Å²) in [6.45, 7) is 6.41. The third kappa shape index (κ3) is 5.35. The first-order chi connectivity index (χ1) is 16.7. The highest BCUT2D eigenvalue weighted by Gasteiger charge is 2.47. The summed E-state index contributed by atoms with van der Waals surface area (Å²) < 4.78 is 20.9. The molecule has 190 valence electrons. The van der Waals surface area contributed by atoms with Gasteiger partial charge in [0.25, 0.3) is 0 Å². The fraction of sp³-hybridized carbons (Fsp3) is 0.500. The van der Waals surface area contributed by atoms with Crippen LogP contribution < -0.4 is 10.1 Å². The number of hydrogen-bond acceptors (Lipinski definition) is 9. The summed E-state index contributed by atoms with van der Waals surface area (Å²) in [5, 5.41) is 13.7. The van der Waals surface area contributed by atoms with Crippen LogP contribution in [0.4, 0.5) is 0 Å². The van der Waals surface area contributed by atoms with Crippen molar-refractivity contribution in [1.82, 2.24) is 5.32 Å².